The van der Waals surface area contributed by atoms with Crippen LogP contribution in [0.25, 0.3) is 6.08 Å². The zero-order valence-corrected chi connectivity index (χ0v) is 22.9. The Labute approximate surface area is 159 Å². The van der Waals surface area contributed by atoms with E-state index in [4.69, 9.17) is 0 Å². The van der Waals surface area contributed by atoms with E-state index in [1.54, 1.807) is 0 Å². The van der Waals surface area contributed by atoms with Gasteiger partial charge in [0.15, 0.2) is 0 Å². The SMILES string of the molecule is C[N](C)[Zr]([CH3])([CH3])(=[SiH2])([NH]C(C)(C)C)([CH]1C(Br)=Cc2ccccc21)[N](C)C. The number of nitrogens with one attached hydrogen (secondary N) is 1. The molecule has 0 fully saturated rings. The van der Waals surface area contributed by atoms with Crippen molar-refractivity contribution in [1.82, 2.24) is 8.95 Å². The maximum atomic E-state index is 4.30. The van der Waals surface area contributed by atoms with Gasteiger partial charge in [-0.25, -0.2) is 0 Å². The maximum absolute atomic E-state index is 4.99. The number of fused-ring (bicyclic) bond motifs is 1. The minimum atomic E-state index is -4.99. The normalized spacial score (nSPS) is 22.8. The molecule has 0 aliphatic heterocycles. The molecule has 6 heteroatoms. The van der Waals surface area contributed by atoms with Gasteiger partial charge in [0.1, 0.15) is 0 Å². The number of hydrogen-bond acceptors (Lipinski definition) is 3. The molecule has 1 aliphatic rings. The summed E-state index contributed by atoms with van der Waals surface area (Å²) in [6.07, 6.45) is 2.31. The first-order valence-electron chi connectivity index (χ1n) is 9.05. The van der Waals surface area contributed by atoms with Crippen LogP contribution in [0.1, 0.15) is 35.5 Å². The Bertz CT molecular complexity index is 868. The van der Waals surface area contributed by atoms with E-state index in [1.807, 2.05) is 0 Å². The monoisotopic (exact) mass is 503 g/mol. The van der Waals surface area contributed by atoms with Crippen LogP contribution in [0.4, 0.5) is 0 Å². The fourth-order valence-corrected chi connectivity index (χ4v) is 39.3. The van der Waals surface area contributed by atoms with E-state index in [-0.39, 0.29) is 9.16 Å². The first-order chi connectivity index (χ1) is 10.9. The van der Waals surface area contributed by atoms with Gasteiger partial charge in [-0.2, -0.15) is 0 Å². The van der Waals surface area contributed by atoms with Crippen LogP contribution in [0.3, 0.4) is 0 Å². The van der Waals surface area contributed by atoms with Crippen LogP contribution in [0.15, 0.2) is 28.7 Å². The third kappa shape index (κ3) is 2.62. The van der Waals surface area contributed by atoms with Crippen LogP contribution in [0, 0.1) is 0 Å². The van der Waals surface area contributed by atoms with Gasteiger partial charge in [0.05, 0.1) is 0 Å². The second-order valence-corrected chi connectivity index (χ2v) is 57.9. The van der Waals surface area contributed by atoms with E-state index in [0.717, 1.165) is 0 Å². The van der Waals surface area contributed by atoms with Gasteiger partial charge in [-0.05, 0) is 0 Å². The fourth-order valence-electron chi connectivity index (χ4n) is 5.27. The molecule has 0 spiro atoms. The number of hydrogen-bond donors (Lipinski definition) is 1. The van der Waals surface area contributed by atoms with Crippen LogP contribution in [0.5, 0.6) is 0 Å². The molecule has 0 aromatic heterocycles. The summed E-state index contributed by atoms with van der Waals surface area (Å²) in [5, 5.41) is 0. The molecule has 0 heterocycles. The Hall–Kier alpha value is 0.420. The van der Waals surface area contributed by atoms with Gasteiger partial charge in [-0.1, -0.05) is 0 Å². The van der Waals surface area contributed by atoms with Crippen molar-refractivity contribution in [2.24, 2.45) is 0 Å². The van der Waals surface area contributed by atoms with Crippen LogP contribution >= 0.6 is 15.9 Å². The van der Waals surface area contributed by atoms with Crippen LogP contribution in [-0.4, -0.2) is 46.3 Å². The Morgan fingerprint density at radius 2 is 1.52 bits per heavy atom. The van der Waals surface area contributed by atoms with Gasteiger partial charge in [0, 0.05) is 0 Å². The molecule has 1 unspecified atom stereocenters. The van der Waals surface area contributed by atoms with Crippen molar-refractivity contribution >= 4 is 28.9 Å². The summed E-state index contributed by atoms with van der Waals surface area (Å²) in [4.78, 5) is 0. The summed E-state index contributed by atoms with van der Waals surface area (Å²) in [6.45, 7) is 9.08. The molecule has 1 atom stereocenters. The topological polar surface area (TPSA) is 18.5 Å². The summed E-state index contributed by atoms with van der Waals surface area (Å²) in [5.41, 5.74) is 2.70. The zero-order valence-electron chi connectivity index (χ0n) is 17.4. The molecule has 0 saturated heterocycles. The zero-order chi connectivity index (χ0) is 19.6. The van der Waals surface area contributed by atoms with E-state index in [2.05, 4.69) is 120 Å². The van der Waals surface area contributed by atoms with Crippen molar-refractivity contribution < 1.29 is 15.3 Å². The fraction of sp³-hybridized carbons (Fsp3) is 0.579. The molecule has 0 bridgehead atoms. The summed E-state index contributed by atoms with van der Waals surface area (Å²) < 4.78 is 16.0. The molecule has 1 aromatic carbocycles. The van der Waals surface area contributed by atoms with Crippen molar-refractivity contribution in [2.75, 3.05) is 28.2 Å². The predicted octanol–water partition coefficient (Wildman–Crippen LogP) is 4.14. The molecule has 0 radical (unpaired) electrons. The Morgan fingerprint density at radius 3 is 1.96 bits per heavy atom. The van der Waals surface area contributed by atoms with E-state index in [1.165, 1.54) is 15.6 Å². The summed E-state index contributed by atoms with van der Waals surface area (Å²) in [5.74, 6) is 0. The van der Waals surface area contributed by atoms with Gasteiger partial charge in [-0.15, -0.1) is 0 Å². The molecule has 1 aromatic rings. The molecule has 0 amide bonds. The van der Waals surface area contributed by atoms with E-state index < -0.39 is 15.3 Å². The first kappa shape index (κ1) is 21.7. The molecule has 3 nitrogen and oxygen atoms in total. The molecular formula is C19H36BrN3SiZr. The molecule has 0 saturated carbocycles. The van der Waals surface area contributed by atoms with Crippen molar-refractivity contribution in [3.63, 3.8) is 0 Å². The van der Waals surface area contributed by atoms with E-state index >= 15 is 0 Å². The number of nitrogens with zero attached hydrogens (tertiary/aromatic N) is 2. The van der Waals surface area contributed by atoms with Crippen LogP contribution in [0.2, 0.25) is 9.26 Å². The molecule has 25 heavy (non-hydrogen) atoms. The van der Waals surface area contributed by atoms with Crippen molar-refractivity contribution in [3.8, 4) is 0 Å². The number of halogens is 1. The van der Waals surface area contributed by atoms with Crippen molar-refractivity contribution in [1.29, 1.82) is 0 Å². The Kier molecular flexibility index (Phi) is 4.40. The van der Waals surface area contributed by atoms with E-state index in [9.17, 15) is 0 Å². The second kappa shape index (κ2) is 5.07. The van der Waals surface area contributed by atoms with Gasteiger partial charge in [0.2, 0.25) is 0 Å². The molecule has 142 valence electrons. The molecule has 1 aliphatic carbocycles. The average Bonchev–Trinajstić information content (AvgIpc) is 2.73. The quantitative estimate of drug-likeness (QED) is 0.621. The van der Waals surface area contributed by atoms with Gasteiger partial charge < -0.3 is 0 Å². The molecular weight excluding hydrogens is 469 g/mol. The van der Waals surface area contributed by atoms with Gasteiger partial charge >= 0.3 is 160 Å². The predicted molar refractivity (Wildman–Crippen MR) is 117 cm³/mol. The first-order valence-corrected chi connectivity index (χ1v) is 25.5. The van der Waals surface area contributed by atoms with Crippen molar-refractivity contribution in [2.45, 2.75) is 39.2 Å². The minimum absolute atomic E-state index is 0.0354. The van der Waals surface area contributed by atoms with Crippen LogP contribution in [-0.2, 0) is 15.3 Å². The third-order valence-corrected chi connectivity index (χ3v) is 50.8. The Balaban J connectivity index is 3.09. The van der Waals surface area contributed by atoms with Crippen molar-refractivity contribution in [3.05, 3.63) is 39.9 Å². The van der Waals surface area contributed by atoms with Gasteiger partial charge in [-0.3, -0.25) is 0 Å². The molecule has 2 rings (SSSR count). The summed E-state index contributed by atoms with van der Waals surface area (Å²) in [6, 6.07) is 8.83. The third-order valence-electron chi connectivity index (χ3n) is 7.74. The number of benzene rings is 1. The molecule has 1 N–H and O–H groups in total. The average molecular weight is 506 g/mol. The summed E-state index contributed by atoms with van der Waals surface area (Å²) >= 11 is -1.000. The Morgan fingerprint density at radius 1 is 1.04 bits per heavy atom. The second-order valence-electron chi connectivity index (χ2n) is 11.4. The summed E-state index contributed by atoms with van der Waals surface area (Å²) in [7, 11) is 9.03. The van der Waals surface area contributed by atoms with Gasteiger partial charge in [0.25, 0.3) is 0 Å². The van der Waals surface area contributed by atoms with Crippen LogP contribution < -0.4 is 3.26 Å². The number of rotatable bonds is 4. The standard InChI is InChI=1S/C9H6Br.C4H10N.2C2H6N.2CH3.H2Si.Zr/c10-9-5-7-3-1-2-4-8(7)6-9;1-4(2,3)5;2*1-3-2;;;;/h1-6H;5H,1-3H3;2*1-2H3;2*1H3;1H2;/q;3*-1;;;;+3. The van der Waals surface area contributed by atoms with E-state index in [0.29, 0.717) is 0 Å². The number of allylic oxidation sites excluding steroid dienone is 1.